The number of hydrogen-bond acceptors (Lipinski definition) is 5. The number of benzene rings is 1. The predicted octanol–water partition coefficient (Wildman–Crippen LogP) is 2.97. The molecule has 0 aliphatic rings. The van der Waals surface area contributed by atoms with E-state index in [1.54, 1.807) is 23.6 Å². The first-order chi connectivity index (χ1) is 8.58. The molecule has 1 aromatic carbocycles. The van der Waals surface area contributed by atoms with Gasteiger partial charge in [-0.1, -0.05) is 0 Å². The number of nitrogens with zero attached hydrogens (tertiary/aromatic N) is 1. The molecule has 0 amide bonds. The molecule has 0 spiro atoms. The largest absolute Gasteiger partial charge is 0.508 e. The third-order valence-electron chi connectivity index (χ3n) is 2.80. The second kappa shape index (κ2) is 5.37. The smallest absolute Gasteiger partial charge is 0.120 e. The van der Waals surface area contributed by atoms with E-state index < -0.39 is 0 Å². The van der Waals surface area contributed by atoms with E-state index in [1.807, 2.05) is 19.2 Å². The summed E-state index contributed by atoms with van der Waals surface area (Å²) in [6.07, 6.45) is 1.77. The van der Waals surface area contributed by atoms with Gasteiger partial charge in [-0.2, -0.15) is 0 Å². The Morgan fingerprint density at radius 1 is 1.22 bits per heavy atom. The van der Waals surface area contributed by atoms with Gasteiger partial charge >= 0.3 is 0 Å². The minimum absolute atomic E-state index is 0.0731. The van der Waals surface area contributed by atoms with Gasteiger partial charge in [-0.15, -0.1) is 11.3 Å². The van der Waals surface area contributed by atoms with Crippen LogP contribution in [0.15, 0.2) is 29.8 Å². The van der Waals surface area contributed by atoms with Gasteiger partial charge in [0.1, 0.15) is 16.5 Å². The Morgan fingerprint density at radius 3 is 2.67 bits per heavy atom. The highest BCUT2D eigenvalue weighted by atomic mass is 32.1. The lowest BCUT2D eigenvalue weighted by atomic mass is 10.1. The van der Waals surface area contributed by atoms with E-state index >= 15 is 0 Å². The molecule has 0 saturated heterocycles. The Hall–Kier alpha value is -1.59. The van der Waals surface area contributed by atoms with E-state index in [4.69, 9.17) is 0 Å². The summed E-state index contributed by atoms with van der Waals surface area (Å²) >= 11 is 1.59. The maximum Gasteiger partial charge on any atom is 0.120 e. The normalized spacial score (nSPS) is 14.3. The van der Waals surface area contributed by atoms with Crippen LogP contribution in [-0.2, 0) is 0 Å². The van der Waals surface area contributed by atoms with Crippen LogP contribution in [0.25, 0.3) is 0 Å². The quantitative estimate of drug-likeness (QED) is 0.743. The van der Waals surface area contributed by atoms with E-state index in [2.05, 4.69) is 10.3 Å². The second-order valence-corrected chi connectivity index (χ2v) is 5.15. The maximum absolute atomic E-state index is 9.78. The van der Waals surface area contributed by atoms with Crippen molar-refractivity contribution in [3.8, 4) is 11.5 Å². The van der Waals surface area contributed by atoms with Crippen molar-refractivity contribution in [3.05, 3.63) is 40.3 Å². The standard InChI is InChI=1S/C13H16N2O2S/c1-8(11-7-10(16)3-4-12(11)17)15-9(2)13-14-5-6-18-13/h3-9,15-17H,1-2H3. The van der Waals surface area contributed by atoms with E-state index in [-0.39, 0.29) is 23.6 Å². The van der Waals surface area contributed by atoms with Crippen LogP contribution in [0.1, 0.15) is 36.5 Å². The van der Waals surface area contributed by atoms with E-state index in [0.717, 1.165) is 5.01 Å². The van der Waals surface area contributed by atoms with Crippen molar-refractivity contribution >= 4 is 11.3 Å². The van der Waals surface area contributed by atoms with Gasteiger partial charge in [0, 0.05) is 23.2 Å². The number of rotatable bonds is 4. The van der Waals surface area contributed by atoms with Crippen LogP contribution in [0.2, 0.25) is 0 Å². The monoisotopic (exact) mass is 264 g/mol. The summed E-state index contributed by atoms with van der Waals surface area (Å²) in [6, 6.07) is 4.56. The van der Waals surface area contributed by atoms with Crippen LogP contribution >= 0.6 is 11.3 Å². The molecule has 18 heavy (non-hydrogen) atoms. The van der Waals surface area contributed by atoms with E-state index in [1.165, 1.54) is 12.1 Å². The average Bonchev–Trinajstić information content (AvgIpc) is 2.85. The molecule has 0 fully saturated rings. The van der Waals surface area contributed by atoms with Gasteiger partial charge in [-0.05, 0) is 32.0 Å². The Morgan fingerprint density at radius 2 is 2.00 bits per heavy atom. The fraction of sp³-hybridized carbons (Fsp3) is 0.308. The molecule has 2 unspecified atom stereocenters. The molecule has 0 bridgehead atoms. The number of aromatic hydroxyl groups is 2. The fourth-order valence-electron chi connectivity index (χ4n) is 1.87. The molecule has 1 aromatic heterocycles. The van der Waals surface area contributed by atoms with Crippen molar-refractivity contribution in [1.29, 1.82) is 0 Å². The molecule has 4 nitrogen and oxygen atoms in total. The molecule has 2 aromatic rings. The van der Waals surface area contributed by atoms with Gasteiger partial charge in [0.05, 0.1) is 6.04 Å². The van der Waals surface area contributed by atoms with Gasteiger partial charge in [-0.3, -0.25) is 0 Å². The van der Waals surface area contributed by atoms with Gasteiger partial charge in [0.2, 0.25) is 0 Å². The molecule has 2 rings (SSSR count). The first-order valence-electron chi connectivity index (χ1n) is 5.75. The Bertz CT molecular complexity index is 514. The van der Waals surface area contributed by atoms with Gasteiger partial charge < -0.3 is 15.5 Å². The van der Waals surface area contributed by atoms with Crippen molar-refractivity contribution in [2.45, 2.75) is 25.9 Å². The third kappa shape index (κ3) is 2.80. The summed E-state index contributed by atoms with van der Waals surface area (Å²) in [5.41, 5.74) is 0.679. The third-order valence-corrected chi connectivity index (χ3v) is 3.76. The molecule has 2 atom stereocenters. The van der Waals surface area contributed by atoms with E-state index in [0.29, 0.717) is 5.56 Å². The molecule has 0 aliphatic heterocycles. The molecule has 0 aliphatic carbocycles. The van der Waals surface area contributed by atoms with Crippen molar-refractivity contribution in [3.63, 3.8) is 0 Å². The number of phenolic OH excluding ortho intramolecular Hbond substituents is 2. The lowest BCUT2D eigenvalue weighted by Gasteiger charge is -2.19. The molecule has 0 radical (unpaired) electrons. The van der Waals surface area contributed by atoms with Gasteiger partial charge in [0.25, 0.3) is 0 Å². The number of thiazole rings is 1. The van der Waals surface area contributed by atoms with Crippen LogP contribution in [0, 0.1) is 0 Å². The number of aromatic nitrogens is 1. The van der Waals surface area contributed by atoms with Crippen molar-refractivity contribution in [1.82, 2.24) is 10.3 Å². The van der Waals surface area contributed by atoms with Crippen LogP contribution < -0.4 is 5.32 Å². The summed E-state index contributed by atoms with van der Waals surface area (Å²) < 4.78 is 0. The summed E-state index contributed by atoms with van der Waals surface area (Å²) in [6.45, 7) is 3.97. The molecule has 0 saturated carbocycles. The molecule has 3 N–H and O–H groups in total. The Kier molecular flexibility index (Phi) is 3.84. The highest BCUT2D eigenvalue weighted by molar-refractivity contribution is 7.09. The van der Waals surface area contributed by atoms with Crippen molar-refractivity contribution in [2.75, 3.05) is 0 Å². The molecular formula is C13H16N2O2S. The lowest BCUT2D eigenvalue weighted by Crippen LogP contribution is -2.22. The van der Waals surface area contributed by atoms with Crippen LogP contribution in [-0.4, -0.2) is 15.2 Å². The van der Waals surface area contributed by atoms with Crippen LogP contribution in [0.4, 0.5) is 0 Å². The molecule has 5 heteroatoms. The van der Waals surface area contributed by atoms with Gasteiger partial charge in [-0.25, -0.2) is 4.98 Å². The number of phenols is 2. The van der Waals surface area contributed by atoms with Crippen LogP contribution in [0.5, 0.6) is 11.5 Å². The zero-order valence-corrected chi connectivity index (χ0v) is 11.1. The summed E-state index contributed by atoms with van der Waals surface area (Å²) in [5, 5.41) is 25.5. The number of hydrogen-bond donors (Lipinski definition) is 3. The molecular weight excluding hydrogens is 248 g/mol. The second-order valence-electron chi connectivity index (χ2n) is 4.22. The first kappa shape index (κ1) is 12.9. The Labute approximate surface area is 110 Å². The van der Waals surface area contributed by atoms with Crippen molar-refractivity contribution < 1.29 is 10.2 Å². The number of nitrogens with one attached hydrogen (secondary N) is 1. The summed E-state index contributed by atoms with van der Waals surface area (Å²) in [7, 11) is 0. The highest BCUT2D eigenvalue weighted by Gasteiger charge is 2.15. The first-order valence-corrected chi connectivity index (χ1v) is 6.63. The topological polar surface area (TPSA) is 65.4 Å². The SMILES string of the molecule is CC(NC(C)c1cc(O)ccc1O)c1nccs1. The minimum Gasteiger partial charge on any atom is -0.508 e. The van der Waals surface area contributed by atoms with Crippen molar-refractivity contribution in [2.24, 2.45) is 0 Å². The lowest BCUT2D eigenvalue weighted by molar-refractivity contribution is 0.429. The summed E-state index contributed by atoms with van der Waals surface area (Å²) in [4.78, 5) is 4.25. The maximum atomic E-state index is 9.78. The highest BCUT2D eigenvalue weighted by Crippen LogP contribution is 2.29. The zero-order valence-electron chi connectivity index (χ0n) is 10.3. The van der Waals surface area contributed by atoms with Gasteiger partial charge in [0.15, 0.2) is 0 Å². The molecule has 96 valence electrons. The van der Waals surface area contributed by atoms with E-state index in [9.17, 15) is 10.2 Å². The Balaban J connectivity index is 2.12. The predicted molar refractivity (Wildman–Crippen MR) is 71.9 cm³/mol. The molecule has 1 heterocycles. The zero-order chi connectivity index (χ0) is 13.1. The summed E-state index contributed by atoms with van der Waals surface area (Å²) in [5.74, 6) is 0.331. The minimum atomic E-state index is -0.0731. The van der Waals surface area contributed by atoms with Crippen LogP contribution in [0.3, 0.4) is 0 Å². The fourth-order valence-corrected chi connectivity index (χ4v) is 2.53. The average molecular weight is 264 g/mol.